The summed E-state index contributed by atoms with van der Waals surface area (Å²) < 4.78 is 6.00. The van der Waals surface area contributed by atoms with E-state index < -0.39 is 0 Å². The Morgan fingerprint density at radius 1 is 1.17 bits per heavy atom. The minimum Gasteiger partial charge on any atom is -0.369 e. The van der Waals surface area contributed by atoms with Crippen molar-refractivity contribution < 1.29 is 9.53 Å². The fourth-order valence-corrected chi connectivity index (χ4v) is 3.28. The molecule has 2 aromatic carbocycles. The van der Waals surface area contributed by atoms with Crippen LogP contribution < -0.4 is 0 Å². The quantitative estimate of drug-likeness (QED) is 0.850. The summed E-state index contributed by atoms with van der Waals surface area (Å²) in [6.07, 6.45) is -0.148. The lowest BCUT2D eigenvalue weighted by molar-refractivity contribution is -0.0806. The van der Waals surface area contributed by atoms with E-state index in [9.17, 15) is 4.79 Å². The second-order valence-electron chi connectivity index (χ2n) is 6.16. The number of benzene rings is 2. The molecule has 0 bridgehead atoms. The molecular formula is C20H20N2O2. The number of nitriles is 1. The summed E-state index contributed by atoms with van der Waals surface area (Å²) in [5.41, 5.74) is 2.11. The standard InChI is InChI=1S/C20H20N2O2/c1-14-13-24-19(17-8-4-3-5-9-17)15(2)22(14)20(23)18-10-6-7-16(11-18)12-21/h3-11,14-15,19H,13H2,1-2H3/t14-,15+,19+/m1/s1. The predicted octanol–water partition coefficient (Wildman–Crippen LogP) is 3.55. The van der Waals surface area contributed by atoms with Gasteiger partial charge in [0.1, 0.15) is 6.10 Å². The molecule has 122 valence electrons. The van der Waals surface area contributed by atoms with Crippen molar-refractivity contribution in [2.45, 2.75) is 32.0 Å². The van der Waals surface area contributed by atoms with Crippen molar-refractivity contribution in [2.24, 2.45) is 0 Å². The van der Waals surface area contributed by atoms with E-state index in [0.29, 0.717) is 17.7 Å². The number of rotatable bonds is 2. The molecule has 0 spiro atoms. The van der Waals surface area contributed by atoms with Crippen LogP contribution in [0.15, 0.2) is 54.6 Å². The highest BCUT2D eigenvalue weighted by atomic mass is 16.5. The summed E-state index contributed by atoms with van der Waals surface area (Å²) in [7, 11) is 0. The molecule has 3 rings (SSSR count). The molecule has 0 aliphatic carbocycles. The highest BCUT2D eigenvalue weighted by Gasteiger charge is 2.37. The smallest absolute Gasteiger partial charge is 0.254 e. The fourth-order valence-electron chi connectivity index (χ4n) is 3.28. The van der Waals surface area contributed by atoms with Gasteiger partial charge in [-0.25, -0.2) is 0 Å². The van der Waals surface area contributed by atoms with Crippen molar-refractivity contribution >= 4 is 5.91 Å². The van der Waals surface area contributed by atoms with Gasteiger partial charge in [-0.3, -0.25) is 4.79 Å². The van der Waals surface area contributed by atoms with Crippen LogP contribution in [0.3, 0.4) is 0 Å². The molecule has 24 heavy (non-hydrogen) atoms. The number of hydrogen-bond acceptors (Lipinski definition) is 3. The number of carbonyl (C=O) groups is 1. The molecule has 0 saturated carbocycles. The minimum absolute atomic E-state index is 0.0156. The zero-order chi connectivity index (χ0) is 17.1. The molecule has 1 aliphatic rings. The molecule has 0 aromatic heterocycles. The number of ether oxygens (including phenoxy) is 1. The molecule has 1 amide bonds. The SMILES string of the molecule is C[C@@H]1CO[C@H](c2ccccc2)[C@H](C)N1C(=O)c1cccc(C#N)c1. The number of amides is 1. The van der Waals surface area contributed by atoms with Crippen LogP contribution in [0, 0.1) is 11.3 Å². The maximum absolute atomic E-state index is 13.0. The molecule has 3 atom stereocenters. The lowest BCUT2D eigenvalue weighted by Crippen LogP contribution is -2.53. The highest BCUT2D eigenvalue weighted by molar-refractivity contribution is 5.95. The molecule has 1 heterocycles. The van der Waals surface area contributed by atoms with Gasteiger partial charge < -0.3 is 9.64 Å². The van der Waals surface area contributed by atoms with E-state index in [0.717, 1.165) is 5.56 Å². The first-order valence-electron chi connectivity index (χ1n) is 8.11. The Labute approximate surface area is 142 Å². The monoisotopic (exact) mass is 320 g/mol. The third-order valence-corrected chi connectivity index (χ3v) is 4.47. The van der Waals surface area contributed by atoms with Crippen molar-refractivity contribution in [1.29, 1.82) is 5.26 Å². The number of hydrogen-bond donors (Lipinski definition) is 0. The number of carbonyl (C=O) groups excluding carboxylic acids is 1. The lowest BCUT2D eigenvalue weighted by Gasteiger charge is -2.44. The topological polar surface area (TPSA) is 53.3 Å². The summed E-state index contributed by atoms with van der Waals surface area (Å²) in [5.74, 6) is -0.0590. The Bertz CT molecular complexity index is 767. The Morgan fingerprint density at radius 3 is 2.62 bits per heavy atom. The lowest BCUT2D eigenvalue weighted by atomic mass is 9.97. The van der Waals surface area contributed by atoms with E-state index in [1.807, 2.05) is 49.1 Å². The Balaban J connectivity index is 1.90. The maximum atomic E-state index is 13.0. The molecule has 4 heteroatoms. The second kappa shape index (κ2) is 6.86. The molecule has 0 radical (unpaired) electrons. The van der Waals surface area contributed by atoms with Gasteiger partial charge in [0.2, 0.25) is 0 Å². The molecule has 4 nitrogen and oxygen atoms in total. The van der Waals surface area contributed by atoms with Crippen LogP contribution in [-0.4, -0.2) is 29.5 Å². The van der Waals surface area contributed by atoms with E-state index in [1.54, 1.807) is 24.3 Å². The normalized spacial score (nSPS) is 23.5. The van der Waals surface area contributed by atoms with Crippen LogP contribution in [0.4, 0.5) is 0 Å². The van der Waals surface area contributed by atoms with Gasteiger partial charge in [-0.1, -0.05) is 36.4 Å². The van der Waals surface area contributed by atoms with E-state index >= 15 is 0 Å². The zero-order valence-electron chi connectivity index (χ0n) is 13.8. The number of morpholine rings is 1. The van der Waals surface area contributed by atoms with Gasteiger partial charge >= 0.3 is 0 Å². The molecule has 1 fully saturated rings. The molecular weight excluding hydrogens is 300 g/mol. The molecule has 1 saturated heterocycles. The van der Waals surface area contributed by atoms with Gasteiger partial charge in [0.05, 0.1) is 30.3 Å². The minimum atomic E-state index is -0.148. The average molecular weight is 320 g/mol. The van der Waals surface area contributed by atoms with Crippen LogP contribution in [0.1, 0.15) is 41.4 Å². The van der Waals surface area contributed by atoms with Gasteiger partial charge in [0.25, 0.3) is 5.91 Å². The van der Waals surface area contributed by atoms with Gasteiger partial charge in [-0.05, 0) is 37.6 Å². The Kier molecular flexibility index (Phi) is 4.64. The molecule has 0 unspecified atom stereocenters. The first kappa shape index (κ1) is 16.2. The molecule has 2 aromatic rings. The summed E-state index contributed by atoms with van der Waals surface area (Å²) in [5, 5.41) is 9.05. The third kappa shape index (κ3) is 3.04. The average Bonchev–Trinajstić information content (AvgIpc) is 2.62. The Hall–Kier alpha value is -2.64. The van der Waals surface area contributed by atoms with Crippen molar-refractivity contribution in [3.63, 3.8) is 0 Å². The maximum Gasteiger partial charge on any atom is 0.254 e. The van der Waals surface area contributed by atoms with Gasteiger partial charge in [0.15, 0.2) is 0 Å². The van der Waals surface area contributed by atoms with E-state index in [-0.39, 0.29) is 24.1 Å². The summed E-state index contributed by atoms with van der Waals surface area (Å²) in [4.78, 5) is 14.9. The third-order valence-electron chi connectivity index (χ3n) is 4.47. The summed E-state index contributed by atoms with van der Waals surface area (Å²) in [6, 6.07) is 18.8. The first-order chi connectivity index (χ1) is 11.6. The summed E-state index contributed by atoms with van der Waals surface area (Å²) in [6.45, 7) is 4.50. The highest BCUT2D eigenvalue weighted by Crippen LogP contribution is 2.31. The van der Waals surface area contributed by atoms with Crippen LogP contribution in [0.25, 0.3) is 0 Å². The predicted molar refractivity (Wildman–Crippen MR) is 91.4 cm³/mol. The second-order valence-corrected chi connectivity index (χ2v) is 6.16. The van der Waals surface area contributed by atoms with E-state index in [4.69, 9.17) is 10.00 Å². The van der Waals surface area contributed by atoms with E-state index in [2.05, 4.69) is 6.07 Å². The Morgan fingerprint density at radius 2 is 1.92 bits per heavy atom. The van der Waals surface area contributed by atoms with Crippen LogP contribution in [0.5, 0.6) is 0 Å². The van der Waals surface area contributed by atoms with Gasteiger partial charge in [0, 0.05) is 5.56 Å². The van der Waals surface area contributed by atoms with Crippen molar-refractivity contribution in [1.82, 2.24) is 4.90 Å². The molecule has 0 N–H and O–H groups in total. The fraction of sp³-hybridized carbons (Fsp3) is 0.300. The summed E-state index contributed by atoms with van der Waals surface area (Å²) >= 11 is 0. The molecule has 1 aliphatic heterocycles. The van der Waals surface area contributed by atoms with Gasteiger partial charge in [-0.2, -0.15) is 5.26 Å². The van der Waals surface area contributed by atoms with Crippen molar-refractivity contribution in [2.75, 3.05) is 6.61 Å². The van der Waals surface area contributed by atoms with Crippen LogP contribution in [-0.2, 0) is 4.74 Å². The van der Waals surface area contributed by atoms with E-state index in [1.165, 1.54) is 0 Å². The largest absolute Gasteiger partial charge is 0.369 e. The number of nitrogens with zero attached hydrogens (tertiary/aromatic N) is 2. The van der Waals surface area contributed by atoms with Crippen LogP contribution >= 0.6 is 0 Å². The van der Waals surface area contributed by atoms with Gasteiger partial charge in [-0.15, -0.1) is 0 Å². The zero-order valence-corrected chi connectivity index (χ0v) is 13.8. The first-order valence-corrected chi connectivity index (χ1v) is 8.11. The van der Waals surface area contributed by atoms with Crippen molar-refractivity contribution in [3.8, 4) is 6.07 Å². The van der Waals surface area contributed by atoms with Crippen molar-refractivity contribution in [3.05, 3.63) is 71.3 Å². The van der Waals surface area contributed by atoms with Crippen LogP contribution in [0.2, 0.25) is 0 Å².